The van der Waals surface area contributed by atoms with E-state index in [4.69, 9.17) is 23.7 Å². The Morgan fingerprint density at radius 1 is 0.682 bits per heavy atom. The van der Waals surface area contributed by atoms with Crippen LogP contribution in [0.15, 0.2) is 102 Å². The molecule has 348 valence electrons. The molecule has 25 nitrogen and oxygen atoms in total. The van der Waals surface area contributed by atoms with E-state index in [9.17, 15) is 78.6 Å². The molecule has 4 aromatic carbocycles. The number of carbonyl (C=O) groups is 4. The van der Waals surface area contributed by atoms with E-state index in [0.29, 0.717) is 6.21 Å². The molecule has 7 atom stereocenters. The molecule has 0 bridgehead atoms. The molecule has 1 fully saturated rings. The highest BCUT2D eigenvalue weighted by Gasteiger charge is 2.48. The summed E-state index contributed by atoms with van der Waals surface area (Å²) < 4.78 is 53.7. The first-order chi connectivity index (χ1) is 31.3. The van der Waals surface area contributed by atoms with Crippen LogP contribution in [-0.2, 0) is 28.5 Å². The molecule has 1 aliphatic heterocycles. The molecule has 2 unspecified atom stereocenters. The van der Waals surface area contributed by atoms with E-state index < -0.39 is 99.8 Å². The molecule has 1 heterocycles. The lowest BCUT2D eigenvalue weighted by molar-refractivity contribution is -0.385. The summed E-state index contributed by atoms with van der Waals surface area (Å²) in [6.45, 7) is -1.40. The van der Waals surface area contributed by atoms with Crippen LogP contribution in [-0.4, -0.2) is 123 Å². The number of carbonyl (C=O) groups excluding carboxylic acids is 4. The van der Waals surface area contributed by atoms with Crippen LogP contribution in [0.3, 0.4) is 0 Å². The Labute approximate surface area is 367 Å². The van der Waals surface area contributed by atoms with Gasteiger partial charge in [-0.25, -0.2) is 28.0 Å². The highest BCUT2D eigenvalue weighted by atomic mass is 19.1. The normalized spacial score (nSPS) is 17.7. The van der Waals surface area contributed by atoms with Gasteiger partial charge in [0.15, 0.2) is 30.8 Å². The van der Waals surface area contributed by atoms with E-state index in [1.165, 1.54) is 0 Å². The van der Waals surface area contributed by atoms with E-state index in [-0.39, 0.29) is 45.0 Å². The number of non-ortho nitro benzene ring substituents is 4. The lowest BCUT2D eigenvalue weighted by Gasteiger charge is -2.24. The number of hydrogen-bond donors (Lipinski definition) is 2. The third-order valence-corrected chi connectivity index (χ3v) is 8.77. The number of hydrogen-bond acceptors (Lipinski definition) is 21. The minimum absolute atomic E-state index is 0.0228. The fourth-order valence-electron chi connectivity index (χ4n) is 5.37. The second kappa shape index (κ2) is 23.3. The van der Waals surface area contributed by atoms with Crippen molar-refractivity contribution >= 4 is 52.8 Å². The van der Waals surface area contributed by atoms with Crippen molar-refractivity contribution in [3.63, 3.8) is 0 Å². The molecule has 2 N–H and O–H groups in total. The Morgan fingerprint density at radius 3 is 1.45 bits per heavy atom. The van der Waals surface area contributed by atoms with Gasteiger partial charge >= 0.3 is 23.9 Å². The molecule has 27 heteroatoms. The third kappa shape index (κ3) is 13.8. The molecule has 0 spiro atoms. The number of nitro benzene ring substituents is 4. The zero-order chi connectivity index (χ0) is 48.7. The number of aliphatic hydroxyl groups is 2. The number of nitro groups is 4. The average molecular weight is 930 g/mol. The van der Waals surface area contributed by atoms with Gasteiger partial charge in [-0.3, -0.25) is 40.5 Å². The minimum Gasteiger partial charge on any atom is -0.459 e. The number of halogens is 2. The predicted molar refractivity (Wildman–Crippen MR) is 214 cm³/mol. The van der Waals surface area contributed by atoms with Crippen LogP contribution in [0.1, 0.15) is 41.4 Å². The smallest absolute Gasteiger partial charge is 0.338 e. The zero-order valence-electron chi connectivity index (χ0n) is 33.5. The van der Waals surface area contributed by atoms with E-state index in [0.717, 1.165) is 104 Å². The molecule has 0 amide bonds. The van der Waals surface area contributed by atoms with Gasteiger partial charge in [0.1, 0.15) is 32.5 Å². The van der Waals surface area contributed by atoms with Crippen molar-refractivity contribution in [2.24, 2.45) is 5.16 Å². The number of esters is 4. The Balaban J connectivity index is 0.000000289. The summed E-state index contributed by atoms with van der Waals surface area (Å²) in [7, 11) is 1.13. The zero-order valence-corrected chi connectivity index (χ0v) is 33.5. The van der Waals surface area contributed by atoms with Crippen LogP contribution in [0.2, 0.25) is 0 Å². The van der Waals surface area contributed by atoms with Gasteiger partial charge in [-0.15, -0.1) is 0 Å². The molecule has 0 aliphatic carbocycles. The number of benzene rings is 4. The molecule has 5 rings (SSSR count). The predicted octanol–water partition coefficient (Wildman–Crippen LogP) is 4.16. The van der Waals surface area contributed by atoms with Gasteiger partial charge in [-0.2, -0.15) is 0 Å². The molecule has 1 saturated heterocycles. The largest absolute Gasteiger partial charge is 0.459 e. The summed E-state index contributed by atoms with van der Waals surface area (Å²) in [5, 5.41) is 65.9. The van der Waals surface area contributed by atoms with Crippen LogP contribution in [0.4, 0.5) is 31.5 Å². The third-order valence-electron chi connectivity index (χ3n) is 8.77. The fraction of sp³-hybridized carbons (Fsp3) is 0.256. The Kier molecular flexibility index (Phi) is 17.7. The van der Waals surface area contributed by atoms with Gasteiger partial charge in [-0.1, -0.05) is 5.16 Å². The molecule has 66 heavy (non-hydrogen) atoms. The topological polar surface area (TPSA) is 349 Å². The van der Waals surface area contributed by atoms with Crippen LogP contribution in [0.25, 0.3) is 0 Å². The summed E-state index contributed by atoms with van der Waals surface area (Å²) in [4.78, 5) is 93.3. The van der Waals surface area contributed by atoms with E-state index in [2.05, 4.69) is 9.99 Å². The lowest BCUT2D eigenvalue weighted by atomic mass is 10.1. The first kappa shape index (κ1) is 50.2. The standard InChI is InChI=1S/C20H18FN3O10.C19H15FN2O10/c1-32-22-10-16(21)18(34-20(27)13-4-8-15(9-5-13)24(30)31)17(25)11-33-19(26)12-2-6-14(7-3-12)23(28)29;20-15-16(32-18(24)11-3-7-13(8-4-11)22(28)29)14(31-19(15)25)9-30-17(23)10-1-5-12(6-2-10)21(26)27/h2-10,16-18,25H,11H2,1H3;1-8,14-16,19,25H,9H2/t16-,17-,18+;14?,15-,16+,19?/m10/s1. The SMILES string of the molecule is CON=C[C@@H](F)[C@H](OC(=O)c1ccc([N+](=O)[O-])cc1)[C@H](O)COC(=O)c1ccc([N+](=O)[O-])cc1.O=C(OCC1OC(O)[C@@H](F)[C@@H]1OC(=O)c1ccc([N+](=O)[O-])cc1)c1ccc([N+](=O)[O-])cc1. The summed E-state index contributed by atoms with van der Waals surface area (Å²) in [6.07, 6.45) is -12.4. The maximum absolute atomic E-state index is 14.6. The van der Waals surface area contributed by atoms with Gasteiger partial charge in [0, 0.05) is 48.5 Å². The van der Waals surface area contributed by atoms with Crippen LogP contribution < -0.4 is 0 Å². The van der Waals surface area contributed by atoms with Gasteiger partial charge < -0.3 is 38.7 Å². The number of alkyl halides is 2. The number of oxime groups is 1. The van der Waals surface area contributed by atoms with Gasteiger partial charge in [0.25, 0.3) is 22.7 Å². The average Bonchev–Trinajstić information content (AvgIpc) is 3.58. The first-order valence-electron chi connectivity index (χ1n) is 18.4. The Bertz CT molecular complexity index is 2420. The summed E-state index contributed by atoms with van der Waals surface area (Å²) in [5.41, 5.74) is -1.41. The van der Waals surface area contributed by atoms with Crippen molar-refractivity contribution in [3.05, 3.63) is 160 Å². The summed E-state index contributed by atoms with van der Waals surface area (Å²) in [5.74, 6) is -4.03. The maximum Gasteiger partial charge on any atom is 0.338 e. The summed E-state index contributed by atoms with van der Waals surface area (Å²) >= 11 is 0. The molecule has 1 aliphatic rings. The molecule has 4 aromatic rings. The summed E-state index contributed by atoms with van der Waals surface area (Å²) in [6, 6.07) is 17.5. The molecule has 0 radical (unpaired) electrons. The van der Waals surface area contributed by atoms with Gasteiger partial charge in [0.05, 0.1) is 48.2 Å². The molecule has 0 aromatic heterocycles. The number of ether oxygens (including phenoxy) is 5. The van der Waals surface area contributed by atoms with Crippen LogP contribution >= 0.6 is 0 Å². The highest BCUT2D eigenvalue weighted by Crippen LogP contribution is 2.28. The van der Waals surface area contributed by atoms with E-state index in [1.807, 2.05) is 0 Å². The van der Waals surface area contributed by atoms with Crippen molar-refractivity contribution in [3.8, 4) is 0 Å². The van der Waals surface area contributed by atoms with Crippen molar-refractivity contribution in [2.45, 2.75) is 43.0 Å². The second-order valence-corrected chi connectivity index (χ2v) is 13.1. The Morgan fingerprint density at radius 2 is 1.06 bits per heavy atom. The van der Waals surface area contributed by atoms with Gasteiger partial charge in [0.2, 0.25) is 0 Å². The number of rotatable bonds is 18. The Hall–Kier alpha value is -8.43. The fourth-order valence-corrected chi connectivity index (χ4v) is 5.37. The van der Waals surface area contributed by atoms with Crippen molar-refractivity contribution in [1.29, 1.82) is 0 Å². The number of aliphatic hydroxyl groups excluding tert-OH is 2. The quantitative estimate of drug-likeness (QED) is 0.0465. The van der Waals surface area contributed by atoms with E-state index in [1.54, 1.807) is 0 Å². The van der Waals surface area contributed by atoms with Crippen molar-refractivity contribution in [1.82, 2.24) is 0 Å². The molecular formula is C39H33F2N5O20. The van der Waals surface area contributed by atoms with E-state index >= 15 is 0 Å². The van der Waals surface area contributed by atoms with Crippen molar-refractivity contribution in [2.75, 3.05) is 20.3 Å². The molecule has 0 saturated carbocycles. The van der Waals surface area contributed by atoms with Crippen LogP contribution in [0.5, 0.6) is 0 Å². The minimum atomic E-state index is -2.19. The van der Waals surface area contributed by atoms with Crippen molar-refractivity contribution < 1.29 is 86.4 Å². The molecular weight excluding hydrogens is 896 g/mol. The first-order valence-corrected chi connectivity index (χ1v) is 18.4. The number of nitrogens with zero attached hydrogens (tertiary/aromatic N) is 5. The second-order valence-electron chi connectivity index (χ2n) is 13.1. The highest BCUT2D eigenvalue weighted by molar-refractivity contribution is 5.91. The maximum atomic E-state index is 14.6. The monoisotopic (exact) mass is 929 g/mol. The lowest BCUT2D eigenvalue weighted by Crippen LogP contribution is -2.43. The van der Waals surface area contributed by atoms with Gasteiger partial charge in [-0.05, 0) is 48.5 Å². The van der Waals surface area contributed by atoms with Crippen LogP contribution in [0, 0.1) is 40.5 Å².